The molecule has 2 amide bonds. The van der Waals surface area contributed by atoms with Gasteiger partial charge in [-0.25, -0.2) is 0 Å². The summed E-state index contributed by atoms with van der Waals surface area (Å²) in [5.74, 6) is -0.886. The Morgan fingerprint density at radius 2 is 2.17 bits per heavy atom. The largest absolute Gasteiger partial charge is 0.372 e. The number of hydrogen-bond donors (Lipinski definition) is 2. The fraction of sp³-hybridized carbons (Fsp3) is 0.714. The maximum absolute atomic E-state index is 10.9. The zero-order valence-corrected chi connectivity index (χ0v) is 7.29. The van der Waals surface area contributed by atoms with Gasteiger partial charge in [-0.05, 0) is 13.8 Å². The molecule has 70 valence electrons. The Morgan fingerprint density at radius 3 is 2.58 bits per heavy atom. The van der Waals surface area contributed by atoms with Crippen LogP contribution in [0.4, 0.5) is 0 Å². The molecular formula is C7H14N2O3. The molecular weight excluding hydrogens is 160 g/mol. The number of nitrogens with two attached hydrogens (primary N) is 1. The summed E-state index contributed by atoms with van der Waals surface area (Å²) in [6.07, 6.45) is 0. The van der Waals surface area contributed by atoms with Gasteiger partial charge in [-0.15, -0.1) is 0 Å². The van der Waals surface area contributed by atoms with Gasteiger partial charge >= 0.3 is 0 Å². The van der Waals surface area contributed by atoms with Crippen LogP contribution in [0.25, 0.3) is 0 Å². The first-order valence-electron chi connectivity index (χ1n) is 3.74. The van der Waals surface area contributed by atoms with Crippen LogP contribution in [0.15, 0.2) is 0 Å². The van der Waals surface area contributed by atoms with Crippen LogP contribution in [0.5, 0.6) is 0 Å². The van der Waals surface area contributed by atoms with Crippen LogP contribution >= 0.6 is 0 Å². The van der Waals surface area contributed by atoms with E-state index < -0.39 is 11.9 Å². The van der Waals surface area contributed by atoms with Gasteiger partial charge in [-0.1, -0.05) is 0 Å². The number of rotatable bonds is 5. The third kappa shape index (κ3) is 4.68. The lowest BCUT2D eigenvalue weighted by molar-refractivity contribution is -0.129. The molecule has 1 atom stereocenters. The molecule has 0 bridgehead atoms. The molecule has 0 aromatic heterocycles. The summed E-state index contributed by atoms with van der Waals surface area (Å²) in [6, 6.07) is -0.641. The highest BCUT2D eigenvalue weighted by atomic mass is 16.5. The number of carbonyl (C=O) groups excluding carboxylic acids is 2. The summed E-state index contributed by atoms with van der Waals surface area (Å²) in [5.41, 5.74) is 4.92. The first-order valence-corrected chi connectivity index (χ1v) is 3.74. The smallest absolute Gasteiger partial charge is 0.246 e. The number of amides is 2. The second-order valence-corrected chi connectivity index (χ2v) is 2.33. The first-order chi connectivity index (χ1) is 5.57. The first kappa shape index (κ1) is 10.9. The van der Waals surface area contributed by atoms with Crippen molar-refractivity contribution < 1.29 is 14.3 Å². The van der Waals surface area contributed by atoms with E-state index in [-0.39, 0.29) is 12.5 Å². The topological polar surface area (TPSA) is 81.4 Å². The minimum atomic E-state index is -0.641. The van der Waals surface area contributed by atoms with Crippen LogP contribution < -0.4 is 11.1 Å². The van der Waals surface area contributed by atoms with E-state index in [2.05, 4.69) is 5.32 Å². The van der Waals surface area contributed by atoms with E-state index in [0.29, 0.717) is 6.61 Å². The minimum Gasteiger partial charge on any atom is -0.372 e. The molecule has 0 aromatic carbocycles. The highest BCUT2D eigenvalue weighted by Crippen LogP contribution is 1.80. The number of nitrogens with one attached hydrogen (secondary N) is 1. The van der Waals surface area contributed by atoms with Crippen molar-refractivity contribution in [1.29, 1.82) is 0 Å². The van der Waals surface area contributed by atoms with Gasteiger partial charge in [0.2, 0.25) is 11.8 Å². The number of ether oxygens (including phenoxy) is 1. The van der Waals surface area contributed by atoms with Gasteiger partial charge in [0.05, 0.1) is 0 Å². The molecule has 0 radical (unpaired) electrons. The summed E-state index contributed by atoms with van der Waals surface area (Å²) in [7, 11) is 0. The molecule has 0 aliphatic rings. The predicted octanol–water partition coefficient (Wildman–Crippen LogP) is -0.987. The second kappa shape index (κ2) is 5.54. The fourth-order valence-electron chi connectivity index (χ4n) is 0.549. The minimum absolute atomic E-state index is 0.0336. The van der Waals surface area contributed by atoms with Gasteiger partial charge in [-0.3, -0.25) is 9.59 Å². The van der Waals surface area contributed by atoms with Crippen LogP contribution in [0, 0.1) is 0 Å². The normalized spacial score (nSPS) is 12.2. The molecule has 3 N–H and O–H groups in total. The monoisotopic (exact) mass is 174 g/mol. The second-order valence-electron chi connectivity index (χ2n) is 2.33. The Balaban J connectivity index is 3.61. The zero-order chi connectivity index (χ0) is 9.56. The van der Waals surface area contributed by atoms with Crippen LogP contribution in [-0.2, 0) is 14.3 Å². The van der Waals surface area contributed by atoms with Gasteiger partial charge in [0.25, 0.3) is 0 Å². The summed E-state index contributed by atoms with van der Waals surface area (Å²) < 4.78 is 4.81. The predicted molar refractivity (Wildman–Crippen MR) is 43.3 cm³/mol. The Hall–Kier alpha value is -1.10. The summed E-state index contributed by atoms with van der Waals surface area (Å²) in [4.78, 5) is 21.3. The summed E-state index contributed by atoms with van der Waals surface area (Å²) in [6.45, 7) is 3.74. The van der Waals surface area contributed by atoms with Crippen LogP contribution in [0.3, 0.4) is 0 Å². The van der Waals surface area contributed by atoms with E-state index in [1.165, 1.54) is 6.92 Å². The van der Waals surface area contributed by atoms with Crippen LogP contribution in [-0.4, -0.2) is 31.1 Å². The van der Waals surface area contributed by atoms with Crippen molar-refractivity contribution >= 4 is 11.8 Å². The molecule has 0 saturated carbocycles. The Morgan fingerprint density at radius 1 is 1.58 bits per heavy atom. The van der Waals surface area contributed by atoms with E-state index in [9.17, 15) is 9.59 Å². The third-order valence-corrected chi connectivity index (χ3v) is 1.24. The fourth-order valence-corrected chi connectivity index (χ4v) is 0.549. The van der Waals surface area contributed by atoms with E-state index in [4.69, 9.17) is 10.5 Å². The van der Waals surface area contributed by atoms with Gasteiger partial charge < -0.3 is 15.8 Å². The third-order valence-electron chi connectivity index (χ3n) is 1.24. The van der Waals surface area contributed by atoms with Crippen molar-refractivity contribution in [3.63, 3.8) is 0 Å². The molecule has 0 aliphatic carbocycles. The standard InChI is InChI=1S/C7H14N2O3/c1-3-12-4-6(10)9-5(2)7(8)11/h5H,3-4H2,1-2H3,(H2,8,11)(H,9,10)/t5-/m1/s1. The molecule has 0 saturated heterocycles. The Kier molecular flexibility index (Phi) is 5.03. The van der Waals surface area contributed by atoms with Crippen LogP contribution in [0.2, 0.25) is 0 Å². The van der Waals surface area contributed by atoms with Gasteiger partial charge in [0, 0.05) is 6.61 Å². The average molecular weight is 174 g/mol. The van der Waals surface area contributed by atoms with Gasteiger partial charge in [0.15, 0.2) is 0 Å². The van der Waals surface area contributed by atoms with Crippen molar-refractivity contribution in [1.82, 2.24) is 5.32 Å². The Labute approximate surface area is 71.3 Å². The molecule has 0 spiro atoms. The molecule has 5 heteroatoms. The molecule has 0 heterocycles. The van der Waals surface area contributed by atoms with E-state index >= 15 is 0 Å². The highest BCUT2D eigenvalue weighted by Gasteiger charge is 2.11. The zero-order valence-electron chi connectivity index (χ0n) is 7.29. The lowest BCUT2D eigenvalue weighted by atomic mass is 10.3. The quantitative estimate of drug-likeness (QED) is 0.561. The van der Waals surface area contributed by atoms with Crippen molar-refractivity contribution in [2.45, 2.75) is 19.9 Å². The van der Waals surface area contributed by atoms with Crippen LogP contribution in [0.1, 0.15) is 13.8 Å². The highest BCUT2D eigenvalue weighted by molar-refractivity contribution is 5.86. The van der Waals surface area contributed by atoms with Gasteiger partial charge in [0.1, 0.15) is 12.6 Å². The average Bonchev–Trinajstić information content (AvgIpc) is 2.00. The Bertz CT molecular complexity index is 170. The van der Waals surface area contributed by atoms with E-state index in [1.54, 1.807) is 6.92 Å². The van der Waals surface area contributed by atoms with Crippen molar-refractivity contribution in [2.24, 2.45) is 5.73 Å². The molecule has 0 unspecified atom stereocenters. The molecule has 0 rings (SSSR count). The molecule has 0 fully saturated rings. The lowest BCUT2D eigenvalue weighted by Crippen LogP contribution is -2.43. The van der Waals surface area contributed by atoms with Crippen molar-refractivity contribution in [2.75, 3.05) is 13.2 Å². The number of carbonyl (C=O) groups is 2. The molecule has 0 aromatic rings. The maximum Gasteiger partial charge on any atom is 0.246 e. The van der Waals surface area contributed by atoms with Gasteiger partial charge in [-0.2, -0.15) is 0 Å². The van der Waals surface area contributed by atoms with E-state index in [1.807, 2.05) is 0 Å². The number of hydrogen-bond acceptors (Lipinski definition) is 3. The SMILES string of the molecule is CCOCC(=O)N[C@H](C)C(N)=O. The van der Waals surface area contributed by atoms with E-state index in [0.717, 1.165) is 0 Å². The summed E-state index contributed by atoms with van der Waals surface area (Å²) >= 11 is 0. The summed E-state index contributed by atoms with van der Waals surface area (Å²) in [5, 5.41) is 2.38. The maximum atomic E-state index is 10.9. The van der Waals surface area contributed by atoms with Crippen molar-refractivity contribution in [3.8, 4) is 0 Å². The molecule has 12 heavy (non-hydrogen) atoms. The lowest BCUT2D eigenvalue weighted by Gasteiger charge is -2.09. The molecule has 5 nitrogen and oxygen atoms in total. The van der Waals surface area contributed by atoms with Crippen molar-refractivity contribution in [3.05, 3.63) is 0 Å². The number of primary amides is 1. The molecule has 0 aliphatic heterocycles.